The zero-order valence-electron chi connectivity index (χ0n) is 22.2. The predicted molar refractivity (Wildman–Crippen MR) is 141 cm³/mol. The second-order valence-electron chi connectivity index (χ2n) is 9.61. The van der Waals surface area contributed by atoms with Gasteiger partial charge in [0.15, 0.2) is 5.82 Å². The van der Waals surface area contributed by atoms with E-state index in [1.54, 1.807) is 18.1 Å². The molecule has 1 atom stereocenters. The van der Waals surface area contributed by atoms with Crippen LogP contribution >= 0.6 is 0 Å². The van der Waals surface area contributed by atoms with Crippen LogP contribution in [-0.4, -0.2) is 78.5 Å². The molecular formula is C26H35FN6O5. The van der Waals surface area contributed by atoms with Crippen molar-refractivity contribution in [2.24, 2.45) is 0 Å². The van der Waals surface area contributed by atoms with Gasteiger partial charge in [-0.2, -0.15) is 4.98 Å². The molecule has 1 aromatic carbocycles. The molecule has 1 saturated heterocycles. The lowest BCUT2D eigenvalue weighted by atomic mass is 10.1. The smallest absolute Gasteiger partial charge is 0.254 e. The molecule has 2 aliphatic rings. The first-order valence-corrected chi connectivity index (χ1v) is 12.9. The number of carbonyl (C=O) groups is 2. The van der Waals surface area contributed by atoms with E-state index < -0.39 is 11.7 Å². The Morgan fingerprint density at radius 3 is 2.71 bits per heavy atom. The number of aliphatic hydroxyl groups excluding tert-OH is 1. The largest absolute Gasteiger partial charge is 0.489 e. The van der Waals surface area contributed by atoms with Crippen LogP contribution in [0.2, 0.25) is 0 Å². The maximum absolute atomic E-state index is 15.2. The minimum Gasteiger partial charge on any atom is -0.489 e. The van der Waals surface area contributed by atoms with Crippen molar-refractivity contribution in [1.29, 1.82) is 0 Å². The summed E-state index contributed by atoms with van der Waals surface area (Å²) in [6.07, 6.45) is 3.46. The molecule has 3 heterocycles. The van der Waals surface area contributed by atoms with Crippen molar-refractivity contribution >= 4 is 35.0 Å². The number of nitrogens with zero attached hydrogens (tertiary/aromatic N) is 4. The van der Waals surface area contributed by atoms with Gasteiger partial charge in [0, 0.05) is 38.4 Å². The van der Waals surface area contributed by atoms with Gasteiger partial charge >= 0.3 is 0 Å². The Kier molecular flexibility index (Phi) is 8.62. The third kappa shape index (κ3) is 5.65. The number of hydrogen-bond acceptors (Lipinski definition) is 9. The highest BCUT2D eigenvalue weighted by atomic mass is 19.1. The third-order valence-corrected chi connectivity index (χ3v) is 6.72. The first-order chi connectivity index (χ1) is 18.2. The molecule has 0 saturated carbocycles. The van der Waals surface area contributed by atoms with E-state index in [-0.39, 0.29) is 60.2 Å². The Balaban J connectivity index is 1.65. The van der Waals surface area contributed by atoms with Crippen LogP contribution < -0.4 is 25.2 Å². The van der Waals surface area contributed by atoms with Crippen molar-refractivity contribution in [3.8, 4) is 5.75 Å². The van der Waals surface area contributed by atoms with Gasteiger partial charge < -0.3 is 35.0 Å². The molecule has 2 aliphatic heterocycles. The van der Waals surface area contributed by atoms with E-state index in [0.29, 0.717) is 44.0 Å². The van der Waals surface area contributed by atoms with Crippen LogP contribution in [0.4, 0.5) is 27.5 Å². The summed E-state index contributed by atoms with van der Waals surface area (Å²) >= 11 is 0. The van der Waals surface area contributed by atoms with Gasteiger partial charge in [0.05, 0.1) is 24.1 Å². The summed E-state index contributed by atoms with van der Waals surface area (Å²) in [7, 11) is 1.69. The van der Waals surface area contributed by atoms with Gasteiger partial charge in [-0.1, -0.05) is 6.92 Å². The SMILES string of the molecule is CC[C@@H]1C(=O)N(C)c2cnc(Nc3cc(F)c(C(=O)NC4CCOCC4)cc3OCCO)nc2N1C(C)C. The topological polar surface area (TPSA) is 129 Å². The summed E-state index contributed by atoms with van der Waals surface area (Å²) in [6.45, 7) is 6.68. The van der Waals surface area contributed by atoms with E-state index in [2.05, 4.69) is 20.6 Å². The van der Waals surface area contributed by atoms with Crippen molar-refractivity contribution in [2.75, 3.05) is 48.6 Å². The molecule has 2 amide bonds. The molecule has 0 spiro atoms. The Morgan fingerprint density at radius 1 is 1.32 bits per heavy atom. The van der Waals surface area contributed by atoms with E-state index >= 15 is 4.39 Å². The number of benzene rings is 1. The van der Waals surface area contributed by atoms with Crippen molar-refractivity contribution < 1.29 is 28.6 Å². The molecule has 1 fully saturated rings. The normalized spacial score (nSPS) is 18.0. The number of fused-ring (bicyclic) bond motifs is 1. The molecule has 2 aromatic rings. The fraction of sp³-hybridized carbons (Fsp3) is 0.538. The van der Waals surface area contributed by atoms with Crippen LogP contribution in [0.5, 0.6) is 5.75 Å². The first-order valence-electron chi connectivity index (χ1n) is 12.9. The number of ether oxygens (including phenoxy) is 2. The number of rotatable bonds is 9. The lowest BCUT2D eigenvalue weighted by Crippen LogP contribution is -2.54. The molecule has 38 heavy (non-hydrogen) atoms. The maximum atomic E-state index is 15.2. The second kappa shape index (κ2) is 11.9. The molecule has 4 rings (SSSR count). The first kappa shape index (κ1) is 27.5. The highest BCUT2D eigenvalue weighted by Crippen LogP contribution is 2.37. The van der Waals surface area contributed by atoms with Crippen LogP contribution in [0.15, 0.2) is 18.3 Å². The number of amides is 2. The maximum Gasteiger partial charge on any atom is 0.254 e. The van der Waals surface area contributed by atoms with Crippen LogP contribution in [0.3, 0.4) is 0 Å². The summed E-state index contributed by atoms with van der Waals surface area (Å²) in [5, 5.41) is 15.1. The fourth-order valence-corrected chi connectivity index (χ4v) is 4.76. The van der Waals surface area contributed by atoms with Crippen LogP contribution in [0, 0.1) is 5.82 Å². The molecule has 1 aromatic heterocycles. The minimum atomic E-state index is -0.744. The summed E-state index contributed by atoms with van der Waals surface area (Å²) in [6, 6.07) is 1.98. The van der Waals surface area contributed by atoms with Gasteiger partial charge in [0.25, 0.3) is 5.91 Å². The predicted octanol–water partition coefficient (Wildman–Crippen LogP) is 2.61. The van der Waals surface area contributed by atoms with Gasteiger partial charge in [-0.05, 0) is 39.2 Å². The van der Waals surface area contributed by atoms with E-state index in [9.17, 15) is 14.7 Å². The van der Waals surface area contributed by atoms with Gasteiger partial charge in [0.1, 0.15) is 29.9 Å². The minimum absolute atomic E-state index is 0.00600. The average molecular weight is 531 g/mol. The Labute approximate surface area is 221 Å². The van der Waals surface area contributed by atoms with Gasteiger partial charge in [-0.15, -0.1) is 0 Å². The fourth-order valence-electron chi connectivity index (χ4n) is 4.76. The van der Waals surface area contributed by atoms with Gasteiger partial charge in [0.2, 0.25) is 11.9 Å². The zero-order chi connectivity index (χ0) is 27.4. The number of carbonyl (C=O) groups excluding carboxylic acids is 2. The summed E-state index contributed by atoms with van der Waals surface area (Å²) in [5.74, 6) is -0.415. The summed E-state index contributed by atoms with van der Waals surface area (Å²) < 4.78 is 26.1. The molecule has 12 heteroatoms. The monoisotopic (exact) mass is 530 g/mol. The van der Waals surface area contributed by atoms with Gasteiger partial charge in [-0.3, -0.25) is 9.59 Å². The number of likely N-dealkylation sites (N-methyl/N-ethyl adjacent to an activating group) is 1. The Morgan fingerprint density at radius 2 is 2.05 bits per heavy atom. The van der Waals surface area contributed by atoms with E-state index in [0.717, 1.165) is 6.07 Å². The number of anilines is 4. The number of nitrogens with one attached hydrogen (secondary N) is 2. The Bertz CT molecular complexity index is 1170. The van der Waals surface area contributed by atoms with Crippen molar-refractivity contribution in [1.82, 2.24) is 15.3 Å². The van der Waals surface area contributed by atoms with Crippen molar-refractivity contribution in [3.63, 3.8) is 0 Å². The van der Waals surface area contributed by atoms with E-state index in [4.69, 9.17) is 9.47 Å². The molecule has 0 unspecified atom stereocenters. The van der Waals surface area contributed by atoms with Crippen molar-refractivity contribution in [3.05, 3.63) is 29.7 Å². The van der Waals surface area contributed by atoms with Crippen molar-refractivity contribution in [2.45, 2.75) is 58.2 Å². The average Bonchev–Trinajstić information content (AvgIpc) is 2.90. The Hall–Kier alpha value is -3.51. The van der Waals surface area contributed by atoms with Gasteiger partial charge in [-0.25, -0.2) is 9.37 Å². The van der Waals surface area contributed by atoms with E-state index in [1.807, 2.05) is 25.7 Å². The number of aromatic nitrogens is 2. The number of hydrogen-bond donors (Lipinski definition) is 3. The lowest BCUT2D eigenvalue weighted by molar-refractivity contribution is -0.120. The number of aliphatic hydroxyl groups is 1. The lowest BCUT2D eigenvalue weighted by Gasteiger charge is -2.42. The summed E-state index contributed by atoms with van der Waals surface area (Å²) in [5.41, 5.74) is 0.599. The van der Waals surface area contributed by atoms with Crippen LogP contribution in [0.1, 0.15) is 50.4 Å². The van der Waals surface area contributed by atoms with Crippen LogP contribution in [0.25, 0.3) is 0 Å². The summed E-state index contributed by atoms with van der Waals surface area (Å²) in [4.78, 5) is 38.2. The molecular weight excluding hydrogens is 495 g/mol. The molecule has 0 radical (unpaired) electrons. The molecule has 206 valence electrons. The molecule has 11 nitrogen and oxygen atoms in total. The third-order valence-electron chi connectivity index (χ3n) is 6.72. The zero-order valence-corrected chi connectivity index (χ0v) is 22.2. The molecule has 0 aliphatic carbocycles. The quantitative estimate of drug-likeness (QED) is 0.448. The highest BCUT2D eigenvalue weighted by molar-refractivity contribution is 6.04. The van der Waals surface area contributed by atoms with Crippen LogP contribution in [-0.2, 0) is 9.53 Å². The molecule has 3 N–H and O–H groups in total. The molecule has 0 bridgehead atoms. The van der Waals surface area contributed by atoms with E-state index in [1.165, 1.54) is 6.07 Å². The number of halogens is 1. The highest BCUT2D eigenvalue weighted by Gasteiger charge is 2.38. The second-order valence-corrected chi connectivity index (χ2v) is 9.61. The standard InChI is InChI=1S/C26H35FN6O5/c1-5-20-25(36)32(4)21-14-28-26(31-23(21)33(20)15(2)3)30-19-13-18(27)17(12-22(19)38-11-8-34)24(35)29-16-6-9-37-10-7-16/h12-16,20,34H,5-11H2,1-4H3,(H,29,35)(H,28,30,31)/t20-/m1/s1.